The maximum absolute atomic E-state index is 11.6. The summed E-state index contributed by atoms with van der Waals surface area (Å²) in [6, 6.07) is 3.84. The van der Waals surface area contributed by atoms with E-state index < -0.39 is 0 Å². The first-order valence-corrected chi connectivity index (χ1v) is 7.83. The van der Waals surface area contributed by atoms with Crippen molar-refractivity contribution in [2.75, 3.05) is 6.54 Å². The minimum absolute atomic E-state index is 0. The highest BCUT2D eigenvalue weighted by Gasteiger charge is 2.05. The van der Waals surface area contributed by atoms with Crippen LogP contribution in [0, 0.1) is 5.92 Å². The van der Waals surface area contributed by atoms with E-state index in [1.807, 2.05) is 0 Å². The molecule has 1 atom stereocenters. The molecular formula is C16H29IN4O2. The molecule has 132 valence electrons. The van der Waals surface area contributed by atoms with Crippen LogP contribution in [-0.2, 0) is 11.3 Å². The van der Waals surface area contributed by atoms with Gasteiger partial charge in [0.15, 0.2) is 5.96 Å². The van der Waals surface area contributed by atoms with Crippen molar-refractivity contribution in [1.29, 1.82) is 0 Å². The predicted molar refractivity (Wildman–Crippen MR) is 104 cm³/mol. The van der Waals surface area contributed by atoms with Gasteiger partial charge in [-0.2, -0.15) is 0 Å². The number of aliphatic imine (C=N–C) groups is 1. The molecule has 1 aromatic heterocycles. The maximum Gasteiger partial charge on any atom is 0.242 e. The molecule has 7 heteroatoms. The third-order valence-electron chi connectivity index (χ3n) is 3.25. The third-order valence-corrected chi connectivity index (χ3v) is 3.25. The topological polar surface area (TPSA) is 92.6 Å². The molecular weight excluding hydrogens is 407 g/mol. The number of furan rings is 1. The molecule has 0 fully saturated rings. The summed E-state index contributed by atoms with van der Waals surface area (Å²) in [5.74, 6) is 1.55. The van der Waals surface area contributed by atoms with E-state index in [0.29, 0.717) is 18.3 Å². The van der Waals surface area contributed by atoms with Crippen LogP contribution in [0.1, 0.15) is 45.8 Å². The van der Waals surface area contributed by atoms with Gasteiger partial charge in [0.2, 0.25) is 5.91 Å². The Labute approximate surface area is 155 Å². The van der Waals surface area contributed by atoms with E-state index in [-0.39, 0.29) is 42.5 Å². The highest BCUT2D eigenvalue weighted by Crippen LogP contribution is 2.07. The van der Waals surface area contributed by atoms with Crippen molar-refractivity contribution in [3.63, 3.8) is 0 Å². The molecule has 0 aliphatic carbocycles. The van der Waals surface area contributed by atoms with Crippen LogP contribution >= 0.6 is 24.0 Å². The lowest BCUT2D eigenvalue weighted by atomic mass is 10.0. The molecule has 1 amide bonds. The van der Waals surface area contributed by atoms with Crippen molar-refractivity contribution < 1.29 is 9.21 Å². The van der Waals surface area contributed by atoms with Crippen LogP contribution in [0.3, 0.4) is 0 Å². The number of nitrogens with two attached hydrogens (primary N) is 1. The van der Waals surface area contributed by atoms with Crippen LogP contribution in [0.2, 0.25) is 0 Å². The van der Waals surface area contributed by atoms with Crippen molar-refractivity contribution in [3.05, 3.63) is 24.2 Å². The van der Waals surface area contributed by atoms with Crippen LogP contribution in [0.25, 0.3) is 0 Å². The SMILES string of the molecule is CC(C)CCCC(C)NC(N)=NCC(=O)NCc1ccco1.I. The molecule has 1 heterocycles. The highest BCUT2D eigenvalue weighted by molar-refractivity contribution is 14.0. The zero-order valence-corrected chi connectivity index (χ0v) is 16.5. The maximum atomic E-state index is 11.6. The minimum atomic E-state index is -0.186. The number of carbonyl (C=O) groups excluding carboxylic acids is 1. The molecule has 0 aliphatic heterocycles. The first-order chi connectivity index (χ1) is 10.5. The highest BCUT2D eigenvalue weighted by atomic mass is 127. The number of hydrogen-bond donors (Lipinski definition) is 3. The van der Waals surface area contributed by atoms with Gasteiger partial charge in [0.05, 0.1) is 12.8 Å². The van der Waals surface area contributed by atoms with E-state index in [0.717, 1.165) is 18.8 Å². The van der Waals surface area contributed by atoms with Crippen LogP contribution in [0.4, 0.5) is 0 Å². The molecule has 1 unspecified atom stereocenters. The van der Waals surface area contributed by atoms with Crippen LogP contribution < -0.4 is 16.4 Å². The van der Waals surface area contributed by atoms with Crippen LogP contribution in [0.5, 0.6) is 0 Å². The fourth-order valence-corrected chi connectivity index (χ4v) is 2.01. The van der Waals surface area contributed by atoms with E-state index >= 15 is 0 Å². The van der Waals surface area contributed by atoms with Crippen molar-refractivity contribution in [2.24, 2.45) is 16.6 Å². The molecule has 6 nitrogen and oxygen atoms in total. The van der Waals surface area contributed by atoms with E-state index in [9.17, 15) is 4.79 Å². The standard InChI is InChI=1S/C16H28N4O2.HI/c1-12(2)6-4-7-13(3)20-16(17)19-11-15(21)18-10-14-8-5-9-22-14;/h5,8-9,12-13H,4,6-7,10-11H2,1-3H3,(H,18,21)(H3,17,19,20);1H. The molecule has 0 spiro atoms. The minimum Gasteiger partial charge on any atom is -0.467 e. The van der Waals surface area contributed by atoms with Crippen molar-refractivity contribution in [3.8, 4) is 0 Å². The van der Waals surface area contributed by atoms with Gasteiger partial charge < -0.3 is 20.8 Å². The molecule has 0 radical (unpaired) electrons. The Hall–Kier alpha value is -1.25. The number of carbonyl (C=O) groups is 1. The summed E-state index contributed by atoms with van der Waals surface area (Å²) in [6.45, 7) is 6.88. The normalized spacial score (nSPS) is 12.6. The number of halogens is 1. The monoisotopic (exact) mass is 436 g/mol. The number of amides is 1. The van der Waals surface area contributed by atoms with Gasteiger partial charge in [-0.1, -0.05) is 26.7 Å². The van der Waals surface area contributed by atoms with Crippen LogP contribution in [-0.4, -0.2) is 24.5 Å². The summed E-state index contributed by atoms with van der Waals surface area (Å²) >= 11 is 0. The Bertz CT molecular complexity index is 461. The zero-order chi connectivity index (χ0) is 16.4. The lowest BCUT2D eigenvalue weighted by Gasteiger charge is -2.15. The van der Waals surface area contributed by atoms with Crippen molar-refractivity contribution in [1.82, 2.24) is 10.6 Å². The largest absolute Gasteiger partial charge is 0.467 e. The number of nitrogens with one attached hydrogen (secondary N) is 2. The molecule has 0 saturated heterocycles. The summed E-state index contributed by atoms with van der Waals surface area (Å²) in [5, 5.41) is 5.83. The van der Waals surface area contributed by atoms with Gasteiger partial charge in [0.25, 0.3) is 0 Å². The summed E-state index contributed by atoms with van der Waals surface area (Å²) in [4.78, 5) is 15.7. The van der Waals surface area contributed by atoms with Crippen LogP contribution in [0.15, 0.2) is 27.8 Å². The Morgan fingerprint density at radius 2 is 2.09 bits per heavy atom. The quantitative estimate of drug-likeness (QED) is 0.315. The van der Waals surface area contributed by atoms with E-state index in [4.69, 9.17) is 10.2 Å². The smallest absolute Gasteiger partial charge is 0.242 e. The average molecular weight is 436 g/mol. The van der Waals surface area contributed by atoms with E-state index in [1.165, 1.54) is 6.42 Å². The summed E-state index contributed by atoms with van der Waals surface area (Å²) in [5.41, 5.74) is 5.79. The van der Waals surface area contributed by atoms with Gasteiger partial charge in [-0.05, 0) is 31.4 Å². The first kappa shape index (κ1) is 21.8. The third kappa shape index (κ3) is 11.0. The van der Waals surface area contributed by atoms with Gasteiger partial charge in [-0.25, -0.2) is 4.99 Å². The fourth-order valence-electron chi connectivity index (χ4n) is 2.01. The molecule has 0 saturated carbocycles. The summed E-state index contributed by atoms with van der Waals surface area (Å²) in [6.07, 6.45) is 4.97. The predicted octanol–water partition coefficient (Wildman–Crippen LogP) is 2.63. The second-order valence-corrected chi connectivity index (χ2v) is 5.93. The molecule has 0 aromatic carbocycles. The Morgan fingerprint density at radius 3 is 2.70 bits per heavy atom. The number of nitrogens with zero attached hydrogens (tertiary/aromatic N) is 1. The Kier molecular flexibility index (Phi) is 11.5. The average Bonchev–Trinajstić information content (AvgIpc) is 2.95. The second-order valence-electron chi connectivity index (χ2n) is 5.93. The molecule has 1 aromatic rings. The van der Waals surface area contributed by atoms with Crippen molar-refractivity contribution >= 4 is 35.8 Å². The Morgan fingerprint density at radius 1 is 1.35 bits per heavy atom. The fraction of sp³-hybridized carbons (Fsp3) is 0.625. The molecule has 0 bridgehead atoms. The van der Waals surface area contributed by atoms with Gasteiger partial charge in [-0.15, -0.1) is 24.0 Å². The first-order valence-electron chi connectivity index (χ1n) is 7.83. The lowest BCUT2D eigenvalue weighted by molar-refractivity contribution is -0.119. The van der Waals surface area contributed by atoms with Gasteiger partial charge in [0, 0.05) is 6.04 Å². The molecule has 4 N–H and O–H groups in total. The summed E-state index contributed by atoms with van der Waals surface area (Å²) < 4.78 is 5.13. The Balaban J connectivity index is 0.00000484. The van der Waals surface area contributed by atoms with Gasteiger partial charge in [0.1, 0.15) is 12.3 Å². The zero-order valence-electron chi connectivity index (χ0n) is 14.2. The number of guanidine groups is 1. The van der Waals surface area contributed by atoms with E-state index in [2.05, 4.69) is 36.4 Å². The van der Waals surface area contributed by atoms with Gasteiger partial charge in [-0.3, -0.25) is 4.79 Å². The molecule has 23 heavy (non-hydrogen) atoms. The lowest BCUT2D eigenvalue weighted by Crippen LogP contribution is -2.39. The van der Waals surface area contributed by atoms with Gasteiger partial charge >= 0.3 is 0 Å². The summed E-state index contributed by atoms with van der Waals surface area (Å²) in [7, 11) is 0. The number of hydrogen-bond acceptors (Lipinski definition) is 3. The van der Waals surface area contributed by atoms with E-state index in [1.54, 1.807) is 18.4 Å². The number of rotatable bonds is 9. The van der Waals surface area contributed by atoms with Crippen molar-refractivity contribution in [2.45, 2.75) is 52.6 Å². The molecule has 0 aliphatic rings. The molecule has 1 rings (SSSR count). The second kappa shape index (κ2) is 12.2.